The number of likely N-dealkylation sites (tertiary alicyclic amines) is 1. The van der Waals surface area contributed by atoms with Crippen LogP contribution in [0.3, 0.4) is 0 Å². The fraction of sp³-hybridized carbons (Fsp3) is 0.591. The number of esters is 1. The maximum absolute atomic E-state index is 12.6. The average molecular weight is 386 g/mol. The third-order valence-corrected chi connectivity index (χ3v) is 4.76. The third-order valence-electron chi connectivity index (χ3n) is 4.76. The summed E-state index contributed by atoms with van der Waals surface area (Å²) in [5, 5.41) is 8.94. The van der Waals surface area contributed by atoms with Crippen molar-refractivity contribution in [2.24, 2.45) is 0 Å². The zero-order valence-corrected chi connectivity index (χ0v) is 17.2. The minimum Gasteiger partial charge on any atom is -0.460 e. The second-order valence-electron chi connectivity index (χ2n) is 8.21. The second kappa shape index (κ2) is 9.59. The monoisotopic (exact) mass is 386 g/mol. The van der Waals surface area contributed by atoms with Crippen LogP contribution in [0.25, 0.3) is 0 Å². The average Bonchev–Trinajstić information content (AvgIpc) is 2.62. The number of carbonyl (C=O) groups is 2. The van der Waals surface area contributed by atoms with Crippen LogP contribution in [0.5, 0.6) is 0 Å². The summed E-state index contributed by atoms with van der Waals surface area (Å²) in [7, 11) is 0. The topological polar surface area (TPSA) is 79.6 Å². The van der Waals surface area contributed by atoms with Gasteiger partial charge in [0.25, 0.3) is 0 Å². The molecule has 0 spiro atoms. The molecule has 152 valence electrons. The Morgan fingerprint density at radius 2 is 1.93 bits per heavy atom. The lowest BCUT2D eigenvalue weighted by Gasteiger charge is -2.39. The number of carbonyl (C=O) groups excluding carboxylic acids is 2. The molecule has 0 radical (unpaired) electrons. The first kappa shape index (κ1) is 21.7. The van der Waals surface area contributed by atoms with Crippen LogP contribution in [0.2, 0.25) is 0 Å². The van der Waals surface area contributed by atoms with Crippen molar-refractivity contribution in [2.45, 2.75) is 77.5 Å². The van der Waals surface area contributed by atoms with Crippen LogP contribution in [-0.2, 0) is 27.1 Å². The van der Waals surface area contributed by atoms with E-state index in [2.05, 4.69) is 6.07 Å². The molecular weight excluding hydrogens is 356 g/mol. The van der Waals surface area contributed by atoms with Gasteiger partial charge in [-0.25, -0.2) is 4.79 Å². The lowest BCUT2D eigenvalue weighted by atomic mass is 9.98. The van der Waals surface area contributed by atoms with Crippen LogP contribution in [-0.4, -0.2) is 41.3 Å². The normalized spacial score (nSPS) is 18.1. The van der Waals surface area contributed by atoms with Crippen LogP contribution in [0.15, 0.2) is 24.3 Å². The molecule has 0 saturated carbocycles. The molecule has 6 heteroatoms. The number of ether oxygens (including phenoxy) is 2. The quantitative estimate of drug-likeness (QED) is 0.714. The van der Waals surface area contributed by atoms with Crippen LogP contribution in [0.1, 0.15) is 58.1 Å². The van der Waals surface area contributed by atoms with Gasteiger partial charge < -0.3 is 14.4 Å². The van der Waals surface area contributed by atoms with E-state index in [1.54, 1.807) is 4.90 Å². The fourth-order valence-electron chi connectivity index (χ4n) is 3.46. The highest BCUT2D eigenvalue weighted by Gasteiger charge is 2.35. The van der Waals surface area contributed by atoms with Gasteiger partial charge in [0.2, 0.25) is 0 Å². The van der Waals surface area contributed by atoms with Crippen molar-refractivity contribution < 1.29 is 19.1 Å². The molecule has 1 aliphatic heterocycles. The smallest absolute Gasteiger partial charge is 0.410 e. The first-order valence-corrected chi connectivity index (χ1v) is 9.84. The molecule has 0 N–H and O–H groups in total. The molecule has 1 aromatic carbocycles. The van der Waals surface area contributed by atoms with E-state index in [0.29, 0.717) is 6.54 Å². The highest BCUT2D eigenvalue weighted by molar-refractivity contribution is 5.73. The highest BCUT2D eigenvalue weighted by Crippen LogP contribution is 2.24. The summed E-state index contributed by atoms with van der Waals surface area (Å²) in [5.41, 5.74) is 1.07. The number of benzene rings is 1. The van der Waals surface area contributed by atoms with Crippen molar-refractivity contribution in [3.05, 3.63) is 35.4 Å². The summed E-state index contributed by atoms with van der Waals surface area (Å²) < 4.78 is 11.2. The molecule has 1 amide bonds. The molecular formula is C22H30N2O4. The number of piperidine rings is 1. The number of rotatable bonds is 5. The van der Waals surface area contributed by atoms with Gasteiger partial charge in [-0.1, -0.05) is 24.3 Å². The molecule has 1 fully saturated rings. The minimum atomic E-state index is -0.566. The van der Waals surface area contributed by atoms with Crippen LogP contribution in [0, 0.1) is 11.3 Å². The van der Waals surface area contributed by atoms with E-state index in [0.717, 1.165) is 30.4 Å². The molecule has 0 unspecified atom stereocenters. The van der Waals surface area contributed by atoms with Crippen molar-refractivity contribution in [3.8, 4) is 6.07 Å². The van der Waals surface area contributed by atoms with Gasteiger partial charge in [-0.3, -0.25) is 4.79 Å². The first-order valence-electron chi connectivity index (χ1n) is 9.84. The Morgan fingerprint density at radius 3 is 2.57 bits per heavy atom. The molecule has 2 atom stereocenters. The van der Waals surface area contributed by atoms with E-state index in [1.165, 1.54) is 0 Å². The molecule has 0 aliphatic carbocycles. The van der Waals surface area contributed by atoms with Gasteiger partial charge in [0.05, 0.1) is 25.0 Å². The third kappa shape index (κ3) is 6.26. The van der Waals surface area contributed by atoms with Crippen molar-refractivity contribution >= 4 is 12.1 Å². The number of nitrogens with zero attached hydrogens (tertiary/aromatic N) is 2. The zero-order valence-electron chi connectivity index (χ0n) is 17.2. The second-order valence-corrected chi connectivity index (χ2v) is 8.21. The van der Waals surface area contributed by atoms with Crippen LogP contribution in [0.4, 0.5) is 4.79 Å². The predicted octanol–water partition coefficient (Wildman–Crippen LogP) is 4.02. The standard InChI is InChI=1S/C22H30N2O4/c1-16(19-11-7-8-14-24(19)21(26)28-22(2,3)4)27-20(25)15-18-10-6-5-9-17(18)12-13-23/h5-6,9-10,16,19H,7-8,11-12,14-15H2,1-4H3/t16-,19-/m1/s1. The zero-order chi connectivity index (χ0) is 20.7. The van der Waals surface area contributed by atoms with Gasteiger partial charge in [-0.05, 0) is 58.1 Å². The van der Waals surface area contributed by atoms with E-state index in [1.807, 2.05) is 52.0 Å². The van der Waals surface area contributed by atoms with Gasteiger partial charge in [0, 0.05) is 6.54 Å². The van der Waals surface area contributed by atoms with E-state index < -0.39 is 11.7 Å². The Hall–Kier alpha value is -2.55. The first-order chi connectivity index (χ1) is 13.2. The van der Waals surface area contributed by atoms with Gasteiger partial charge in [-0.15, -0.1) is 0 Å². The maximum atomic E-state index is 12.6. The minimum absolute atomic E-state index is 0.112. The van der Waals surface area contributed by atoms with E-state index in [4.69, 9.17) is 14.7 Å². The lowest BCUT2D eigenvalue weighted by molar-refractivity contribution is -0.151. The fourth-order valence-corrected chi connectivity index (χ4v) is 3.46. The largest absolute Gasteiger partial charge is 0.460 e. The molecule has 1 saturated heterocycles. The summed E-state index contributed by atoms with van der Waals surface area (Å²) in [6.07, 6.45) is 2.26. The molecule has 0 bridgehead atoms. The van der Waals surface area contributed by atoms with Gasteiger partial charge in [-0.2, -0.15) is 5.26 Å². The predicted molar refractivity (Wildman–Crippen MR) is 106 cm³/mol. The van der Waals surface area contributed by atoms with Gasteiger partial charge in [0.1, 0.15) is 11.7 Å². The Kier molecular flexibility index (Phi) is 7.45. The Bertz CT molecular complexity index is 733. The molecule has 2 rings (SSSR count). The summed E-state index contributed by atoms with van der Waals surface area (Å²) in [5.74, 6) is -0.354. The Balaban J connectivity index is 2.01. The van der Waals surface area contributed by atoms with Crippen molar-refractivity contribution in [1.29, 1.82) is 5.26 Å². The Morgan fingerprint density at radius 1 is 1.25 bits per heavy atom. The summed E-state index contributed by atoms with van der Waals surface area (Å²) in [6.45, 7) is 7.95. The molecule has 0 aromatic heterocycles. The number of nitriles is 1. The number of amides is 1. The van der Waals surface area contributed by atoms with Gasteiger partial charge in [0.15, 0.2) is 0 Å². The van der Waals surface area contributed by atoms with E-state index in [9.17, 15) is 9.59 Å². The van der Waals surface area contributed by atoms with Crippen LogP contribution >= 0.6 is 0 Å². The van der Waals surface area contributed by atoms with Crippen molar-refractivity contribution in [2.75, 3.05) is 6.54 Å². The van der Waals surface area contributed by atoms with Crippen molar-refractivity contribution in [1.82, 2.24) is 4.90 Å². The number of hydrogen-bond donors (Lipinski definition) is 0. The summed E-state index contributed by atoms with van der Waals surface area (Å²) in [4.78, 5) is 26.7. The molecule has 1 aliphatic rings. The molecule has 6 nitrogen and oxygen atoms in total. The Labute approximate surface area is 167 Å². The summed E-state index contributed by atoms with van der Waals surface area (Å²) >= 11 is 0. The number of hydrogen-bond acceptors (Lipinski definition) is 5. The van der Waals surface area contributed by atoms with Crippen LogP contribution < -0.4 is 0 Å². The van der Waals surface area contributed by atoms with Gasteiger partial charge >= 0.3 is 12.1 Å². The SMILES string of the molecule is C[C@@H](OC(=O)Cc1ccccc1CC#N)[C@H]1CCCCN1C(=O)OC(C)(C)C. The van der Waals surface area contributed by atoms with Crippen molar-refractivity contribution in [3.63, 3.8) is 0 Å². The molecule has 1 heterocycles. The highest BCUT2D eigenvalue weighted by atomic mass is 16.6. The van der Waals surface area contributed by atoms with E-state index in [-0.39, 0.29) is 30.9 Å². The van der Waals surface area contributed by atoms with E-state index >= 15 is 0 Å². The maximum Gasteiger partial charge on any atom is 0.410 e. The molecule has 28 heavy (non-hydrogen) atoms. The lowest BCUT2D eigenvalue weighted by Crippen LogP contribution is -2.51. The molecule has 1 aromatic rings. The summed E-state index contributed by atoms with van der Waals surface area (Å²) in [6, 6.07) is 9.31.